The third-order valence-electron chi connectivity index (χ3n) is 2.65. The second-order valence-corrected chi connectivity index (χ2v) is 6.21. The van der Waals surface area contributed by atoms with Gasteiger partial charge in [0, 0.05) is 12.7 Å². The van der Waals surface area contributed by atoms with E-state index in [1.54, 1.807) is 18.2 Å². The van der Waals surface area contributed by atoms with Crippen molar-refractivity contribution in [2.24, 2.45) is 0 Å². The molecule has 0 atom stereocenters. The Morgan fingerprint density at radius 1 is 1.20 bits per heavy atom. The molecule has 1 aromatic heterocycles. The van der Waals surface area contributed by atoms with Crippen molar-refractivity contribution >= 4 is 21.6 Å². The molecule has 0 amide bonds. The quantitative estimate of drug-likeness (QED) is 0.862. The van der Waals surface area contributed by atoms with Crippen molar-refractivity contribution in [1.29, 1.82) is 0 Å². The van der Waals surface area contributed by atoms with E-state index in [2.05, 4.69) is 9.71 Å². The number of nitrogens with zero attached hydrogens (tertiary/aromatic N) is 1. The van der Waals surface area contributed by atoms with Crippen LogP contribution in [0.4, 0.5) is 4.39 Å². The topological polar surface area (TPSA) is 59.1 Å². The maximum atomic E-state index is 13.4. The van der Waals surface area contributed by atoms with Crippen LogP contribution in [0.5, 0.6) is 0 Å². The Bertz CT molecular complexity index is 690. The van der Waals surface area contributed by atoms with Gasteiger partial charge in [0.1, 0.15) is 15.9 Å². The maximum Gasteiger partial charge on any atom is 0.242 e. The first kappa shape index (κ1) is 14.9. The SMILES string of the molecule is O=S(=O)(NCCc1ccccc1F)c1ccc(Cl)nc1. The summed E-state index contributed by atoms with van der Waals surface area (Å²) in [5.74, 6) is -0.347. The Labute approximate surface area is 121 Å². The predicted molar refractivity (Wildman–Crippen MR) is 74.5 cm³/mol. The highest BCUT2D eigenvalue weighted by atomic mass is 35.5. The summed E-state index contributed by atoms with van der Waals surface area (Å²) in [7, 11) is -3.65. The molecule has 4 nitrogen and oxygen atoms in total. The van der Waals surface area contributed by atoms with E-state index in [-0.39, 0.29) is 28.8 Å². The number of hydrogen-bond acceptors (Lipinski definition) is 3. The highest BCUT2D eigenvalue weighted by Crippen LogP contribution is 2.11. The molecule has 1 N–H and O–H groups in total. The van der Waals surface area contributed by atoms with Crippen LogP contribution in [0.15, 0.2) is 47.5 Å². The largest absolute Gasteiger partial charge is 0.243 e. The van der Waals surface area contributed by atoms with E-state index in [4.69, 9.17) is 11.6 Å². The average molecular weight is 315 g/mol. The first-order valence-corrected chi connectivity index (χ1v) is 7.70. The molecule has 0 saturated carbocycles. The molecule has 0 bridgehead atoms. The van der Waals surface area contributed by atoms with Crippen molar-refractivity contribution < 1.29 is 12.8 Å². The third-order valence-corrected chi connectivity index (χ3v) is 4.32. The van der Waals surface area contributed by atoms with Crippen LogP contribution in [0.25, 0.3) is 0 Å². The van der Waals surface area contributed by atoms with Crippen molar-refractivity contribution in [1.82, 2.24) is 9.71 Å². The van der Waals surface area contributed by atoms with E-state index in [1.807, 2.05) is 0 Å². The number of pyridine rings is 1. The minimum atomic E-state index is -3.65. The smallest absolute Gasteiger partial charge is 0.242 e. The Morgan fingerprint density at radius 2 is 1.95 bits per heavy atom. The number of rotatable bonds is 5. The standard InChI is InChI=1S/C13H12ClFN2O2S/c14-13-6-5-11(9-16-13)20(18,19)17-8-7-10-3-1-2-4-12(10)15/h1-6,9,17H,7-8H2. The van der Waals surface area contributed by atoms with E-state index < -0.39 is 10.0 Å². The molecule has 0 aliphatic heterocycles. The second kappa shape index (κ2) is 6.30. The molecule has 0 aliphatic rings. The molecule has 20 heavy (non-hydrogen) atoms. The Kier molecular flexibility index (Phi) is 4.69. The van der Waals surface area contributed by atoms with Gasteiger partial charge in [-0.3, -0.25) is 0 Å². The van der Waals surface area contributed by atoms with E-state index >= 15 is 0 Å². The molecule has 7 heteroatoms. The molecular formula is C13H12ClFN2O2S. The Balaban J connectivity index is 2.00. The minimum Gasteiger partial charge on any atom is -0.243 e. The fourth-order valence-electron chi connectivity index (χ4n) is 1.63. The van der Waals surface area contributed by atoms with Gasteiger partial charge >= 0.3 is 0 Å². The summed E-state index contributed by atoms with van der Waals surface area (Å²) in [5, 5.41) is 0.218. The lowest BCUT2D eigenvalue weighted by molar-refractivity contribution is 0.577. The number of sulfonamides is 1. The molecule has 0 unspecified atom stereocenters. The summed E-state index contributed by atoms with van der Waals surface area (Å²) < 4.78 is 39.6. The van der Waals surface area contributed by atoms with Gasteiger partial charge in [-0.1, -0.05) is 29.8 Å². The normalized spacial score (nSPS) is 11.5. The highest BCUT2D eigenvalue weighted by molar-refractivity contribution is 7.89. The summed E-state index contributed by atoms with van der Waals surface area (Å²) in [6, 6.07) is 9.01. The van der Waals surface area contributed by atoms with Gasteiger partial charge in [0.15, 0.2) is 0 Å². The molecular weight excluding hydrogens is 303 g/mol. The lowest BCUT2D eigenvalue weighted by atomic mass is 10.1. The molecule has 0 spiro atoms. The van der Waals surface area contributed by atoms with Crippen LogP contribution in [-0.2, 0) is 16.4 Å². The van der Waals surface area contributed by atoms with E-state index in [0.717, 1.165) is 0 Å². The molecule has 0 saturated heterocycles. The molecule has 106 valence electrons. The molecule has 1 heterocycles. The van der Waals surface area contributed by atoms with Gasteiger partial charge in [-0.2, -0.15) is 0 Å². The minimum absolute atomic E-state index is 0.0235. The summed E-state index contributed by atoms with van der Waals surface area (Å²) in [6.45, 7) is 0.103. The fraction of sp³-hybridized carbons (Fsp3) is 0.154. The summed E-state index contributed by atoms with van der Waals surface area (Å²) in [5.41, 5.74) is 0.462. The van der Waals surface area contributed by atoms with Crippen LogP contribution in [-0.4, -0.2) is 19.9 Å². The predicted octanol–water partition coefficient (Wildman–Crippen LogP) is 2.40. The molecule has 0 radical (unpaired) electrons. The molecule has 0 aliphatic carbocycles. The zero-order valence-corrected chi connectivity index (χ0v) is 12.0. The summed E-state index contributed by atoms with van der Waals surface area (Å²) >= 11 is 5.60. The number of halogens is 2. The number of hydrogen-bond donors (Lipinski definition) is 1. The second-order valence-electron chi connectivity index (χ2n) is 4.06. The van der Waals surface area contributed by atoms with Gasteiger partial charge in [-0.25, -0.2) is 22.5 Å². The van der Waals surface area contributed by atoms with Crippen molar-refractivity contribution in [2.45, 2.75) is 11.3 Å². The third kappa shape index (κ3) is 3.75. The van der Waals surface area contributed by atoms with Crippen LogP contribution in [0.1, 0.15) is 5.56 Å². The van der Waals surface area contributed by atoms with Gasteiger partial charge in [-0.05, 0) is 30.2 Å². The van der Waals surface area contributed by atoms with Crippen molar-refractivity contribution in [3.63, 3.8) is 0 Å². The molecule has 1 aromatic carbocycles. The van der Waals surface area contributed by atoms with Gasteiger partial charge in [0.05, 0.1) is 0 Å². The van der Waals surface area contributed by atoms with Crippen LogP contribution >= 0.6 is 11.6 Å². The fourth-order valence-corrected chi connectivity index (χ4v) is 2.71. The molecule has 0 fully saturated rings. The molecule has 2 aromatic rings. The van der Waals surface area contributed by atoms with Gasteiger partial charge in [0.25, 0.3) is 0 Å². The van der Waals surface area contributed by atoms with Gasteiger partial charge < -0.3 is 0 Å². The van der Waals surface area contributed by atoms with Gasteiger partial charge in [-0.15, -0.1) is 0 Å². The zero-order valence-electron chi connectivity index (χ0n) is 10.4. The van der Waals surface area contributed by atoms with Crippen molar-refractivity contribution in [3.05, 3.63) is 59.1 Å². The first-order valence-electron chi connectivity index (χ1n) is 5.84. The molecule has 2 rings (SSSR count). The summed E-state index contributed by atoms with van der Waals surface area (Å²) in [6.07, 6.45) is 1.45. The Morgan fingerprint density at radius 3 is 2.60 bits per heavy atom. The number of benzene rings is 1. The van der Waals surface area contributed by atoms with Crippen LogP contribution in [0.2, 0.25) is 5.15 Å². The van der Waals surface area contributed by atoms with E-state index in [0.29, 0.717) is 5.56 Å². The van der Waals surface area contributed by atoms with Crippen LogP contribution < -0.4 is 4.72 Å². The maximum absolute atomic E-state index is 13.4. The number of nitrogens with one attached hydrogen (secondary N) is 1. The monoisotopic (exact) mass is 314 g/mol. The summed E-state index contributed by atoms with van der Waals surface area (Å²) in [4.78, 5) is 3.74. The average Bonchev–Trinajstić information content (AvgIpc) is 2.41. The van der Waals surface area contributed by atoms with Crippen LogP contribution in [0, 0.1) is 5.82 Å². The van der Waals surface area contributed by atoms with E-state index in [1.165, 1.54) is 24.4 Å². The van der Waals surface area contributed by atoms with Crippen molar-refractivity contribution in [2.75, 3.05) is 6.54 Å². The van der Waals surface area contributed by atoms with Gasteiger partial charge in [0.2, 0.25) is 10.0 Å². The van der Waals surface area contributed by atoms with Crippen molar-refractivity contribution in [3.8, 4) is 0 Å². The lowest BCUT2D eigenvalue weighted by Crippen LogP contribution is -2.26. The van der Waals surface area contributed by atoms with Crippen LogP contribution in [0.3, 0.4) is 0 Å². The number of aromatic nitrogens is 1. The lowest BCUT2D eigenvalue weighted by Gasteiger charge is -2.07. The Hall–Kier alpha value is -1.50. The zero-order chi connectivity index (χ0) is 14.6. The first-order chi connectivity index (χ1) is 9.49. The van der Waals surface area contributed by atoms with E-state index in [9.17, 15) is 12.8 Å². The highest BCUT2D eigenvalue weighted by Gasteiger charge is 2.14.